The number of nitrogens with two attached hydrogens (primary N) is 1. The van der Waals surface area contributed by atoms with Crippen LogP contribution >= 0.6 is 0 Å². The van der Waals surface area contributed by atoms with E-state index in [-0.39, 0.29) is 0 Å². The van der Waals surface area contributed by atoms with Crippen LogP contribution in [0.3, 0.4) is 0 Å². The number of hydrogen-bond donors (Lipinski definition) is 1. The highest BCUT2D eigenvalue weighted by Crippen LogP contribution is 2.38. The van der Waals surface area contributed by atoms with Gasteiger partial charge < -0.3 is 15.5 Å². The monoisotopic (exact) mass is 267 g/mol. The minimum absolute atomic E-state index is 0.430. The third-order valence-corrected chi connectivity index (χ3v) is 5.33. The molecule has 0 unspecified atom stereocenters. The molecular formula is C16H33N3. The van der Waals surface area contributed by atoms with Gasteiger partial charge in [0.2, 0.25) is 0 Å². The van der Waals surface area contributed by atoms with E-state index >= 15 is 0 Å². The van der Waals surface area contributed by atoms with E-state index in [9.17, 15) is 0 Å². The van der Waals surface area contributed by atoms with E-state index in [1.165, 1.54) is 71.4 Å². The molecule has 0 atom stereocenters. The Hall–Kier alpha value is -0.120. The Labute approximate surface area is 119 Å². The van der Waals surface area contributed by atoms with Gasteiger partial charge in [-0.3, -0.25) is 0 Å². The Morgan fingerprint density at radius 1 is 1.05 bits per heavy atom. The van der Waals surface area contributed by atoms with Crippen molar-refractivity contribution in [3.8, 4) is 0 Å². The highest BCUT2D eigenvalue weighted by atomic mass is 15.3. The molecule has 19 heavy (non-hydrogen) atoms. The number of hydrogen-bond acceptors (Lipinski definition) is 3. The lowest BCUT2D eigenvalue weighted by molar-refractivity contribution is 0.0586. The number of piperazine rings is 1. The predicted molar refractivity (Wildman–Crippen MR) is 82.3 cm³/mol. The summed E-state index contributed by atoms with van der Waals surface area (Å²) >= 11 is 0. The molecule has 0 spiro atoms. The summed E-state index contributed by atoms with van der Waals surface area (Å²) in [6.45, 7) is 13.1. The molecule has 0 bridgehead atoms. The standard InChI is InChI=1S/C16H33N3/c1-3-8-18-9-11-19(12-10-18)14-16(13-17)6-4-15(2)5-7-16/h15H,3-14,17H2,1-2H3. The topological polar surface area (TPSA) is 32.5 Å². The van der Waals surface area contributed by atoms with Crippen LogP contribution in [-0.4, -0.2) is 55.6 Å². The van der Waals surface area contributed by atoms with E-state index < -0.39 is 0 Å². The number of nitrogens with zero attached hydrogens (tertiary/aromatic N) is 2. The molecule has 1 aliphatic carbocycles. The van der Waals surface area contributed by atoms with E-state index in [2.05, 4.69) is 23.6 Å². The average Bonchev–Trinajstić information content (AvgIpc) is 2.44. The van der Waals surface area contributed by atoms with Gasteiger partial charge in [-0.15, -0.1) is 0 Å². The normalized spacial score (nSPS) is 34.6. The van der Waals surface area contributed by atoms with Gasteiger partial charge in [0.15, 0.2) is 0 Å². The first-order chi connectivity index (χ1) is 9.17. The van der Waals surface area contributed by atoms with Gasteiger partial charge in [0.1, 0.15) is 0 Å². The minimum Gasteiger partial charge on any atom is -0.330 e. The molecule has 1 saturated carbocycles. The van der Waals surface area contributed by atoms with E-state index in [1.807, 2.05) is 0 Å². The lowest BCUT2D eigenvalue weighted by atomic mass is 9.70. The molecule has 0 aromatic heterocycles. The second kappa shape index (κ2) is 7.05. The number of rotatable bonds is 5. The Morgan fingerprint density at radius 2 is 1.63 bits per heavy atom. The summed E-state index contributed by atoms with van der Waals surface area (Å²) in [5, 5.41) is 0. The second-order valence-electron chi connectivity index (χ2n) is 7.00. The molecule has 1 saturated heterocycles. The molecule has 1 aliphatic heterocycles. The maximum atomic E-state index is 6.14. The van der Waals surface area contributed by atoms with Crippen LogP contribution < -0.4 is 5.73 Å². The Morgan fingerprint density at radius 3 is 2.16 bits per heavy atom. The molecule has 0 amide bonds. The van der Waals surface area contributed by atoms with Crippen molar-refractivity contribution in [3.63, 3.8) is 0 Å². The van der Waals surface area contributed by atoms with Gasteiger partial charge in [-0.1, -0.05) is 26.7 Å². The van der Waals surface area contributed by atoms with E-state index in [0.29, 0.717) is 5.41 Å². The first-order valence-electron chi connectivity index (χ1n) is 8.32. The summed E-state index contributed by atoms with van der Waals surface area (Å²) in [6.07, 6.45) is 6.74. The third kappa shape index (κ3) is 4.17. The highest BCUT2D eigenvalue weighted by Gasteiger charge is 2.35. The van der Waals surface area contributed by atoms with Crippen LogP contribution in [0.1, 0.15) is 46.0 Å². The zero-order chi connectivity index (χ0) is 13.7. The van der Waals surface area contributed by atoms with Gasteiger partial charge in [0.05, 0.1) is 0 Å². The smallest absolute Gasteiger partial charge is 0.0110 e. The summed E-state index contributed by atoms with van der Waals surface area (Å²) in [5.41, 5.74) is 6.57. The van der Waals surface area contributed by atoms with E-state index in [1.54, 1.807) is 0 Å². The SMILES string of the molecule is CCCN1CCN(CC2(CN)CCC(C)CC2)CC1. The van der Waals surface area contributed by atoms with Gasteiger partial charge in [-0.2, -0.15) is 0 Å². The van der Waals surface area contributed by atoms with Crippen molar-refractivity contribution in [2.75, 3.05) is 45.8 Å². The van der Waals surface area contributed by atoms with Crippen LogP contribution in [0.2, 0.25) is 0 Å². The van der Waals surface area contributed by atoms with Crippen molar-refractivity contribution in [1.82, 2.24) is 9.80 Å². The van der Waals surface area contributed by atoms with Crippen LogP contribution in [0, 0.1) is 11.3 Å². The van der Waals surface area contributed by atoms with Gasteiger partial charge >= 0.3 is 0 Å². The Balaban J connectivity index is 1.80. The summed E-state index contributed by atoms with van der Waals surface area (Å²) in [5.74, 6) is 0.918. The summed E-state index contributed by atoms with van der Waals surface area (Å²) in [4.78, 5) is 5.28. The predicted octanol–water partition coefficient (Wildman–Crippen LogP) is 2.17. The summed E-state index contributed by atoms with van der Waals surface area (Å²) < 4.78 is 0. The van der Waals surface area contributed by atoms with Crippen molar-refractivity contribution in [2.24, 2.45) is 17.1 Å². The van der Waals surface area contributed by atoms with Crippen LogP contribution in [0.4, 0.5) is 0 Å². The van der Waals surface area contributed by atoms with Crippen LogP contribution in [0.25, 0.3) is 0 Å². The van der Waals surface area contributed by atoms with Gasteiger partial charge in [-0.05, 0) is 43.7 Å². The minimum atomic E-state index is 0.430. The van der Waals surface area contributed by atoms with Gasteiger partial charge in [-0.25, -0.2) is 0 Å². The second-order valence-corrected chi connectivity index (χ2v) is 7.00. The van der Waals surface area contributed by atoms with Gasteiger partial charge in [0.25, 0.3) is 0 Å². The molecule has 0 aromatic rings. The molecule has 2 rings (SSSR count). The van der Waals surface area contributed by atoms with Crippen molar-refractivity contribution in [3.05, 3.63) is 0 Å². The Kier molecular flexibility index (Phi) is 5.67. The zero-order valence-electron chi connectivity index (χ0n) is 13.0. The Bertz CT molecular complexity index is 251. The summed E-state index contributed by atoms with van der Waals surface area (Å²) in [7, 11) is 0. The fraction of sp³-hybridized carbons (Fsp3) is 1.00. The highest BCUT2D eigenvalue weighted by molar-refractivity contribution is 4.89. The van der Waals surface area contributed by atoms with Crippen molar-refractivity contribution < 1.29 is 0 Å². The molecule has 112 valence electrons. The zero-order valence-corrected chi connectivity index (χ0v) is 13.0. The van der Waals surface area contributed by atoms with Crippen LogP contribution in [0.5, 0.6) is 0 Å². The molecule has 3 heteroatoms. The van der Waals surface area contributed by atoms with Gasteiger partial charge in [0, 0.05) is 32.7 Å². The molecule has 3 nitrogen and oxygen atoms in total. The maximum Gasteiger partial charge on any atom is 0.0110 e. The van der Waals surface area contributed by atoms with Crippen LogP contribution in [-0.2, 0) is 0 Å². The molecular weight excluding hydrogens is 234 g/mol. The molecule has 2 aliphatic rings. The van der Waals surface area contributed by atoms with Crippen LogP contribution in [0.15, 0.2) is 0 Å². The van der Waals surface area contributed by atoms with Crippen molar-refractivity contribution >= 4 is 0 Å². The maximum absolute atomic E-state index is 6.14. The van der Waals surface area contributed by atoms with E-state index in [0.717, 1.165) is 12.5 Å². The third-order valence-electron chi connectivity index (χ3n) is 5.33. The summed E-state index contributed by atoms with van der Waals surface area (Å²) in [6, 6.07) is 0. The largest absolute Gasteiger partial charge is 0.330 e. The molecule has 0 radical (unpaired) electrons. The average molecular weight is 267 g/mol. The van der Waals surface area contributed by atoms with E-state index in [4.69, 9.17) is 5.73 Å². The fourth-order valence-electron chi connectivity index (χ4n) is 3.76. The quantitative estimate of drug-likeness (QED) is 0.828. The molecule has 2 fully saturated rings. The first kappa shape index (κ1) is 15.3. The fourth-order valence-corrected chi connectivity index (χ4v) is 3.76. The first-order valence-corrected chi connectivity index (χ1v) is 8.32. The lowest BCUT2D eigenvalue weighted by Gasteiger charge is -2.44. The molecule has 2 N–H and O–H groups in total. The lowest BCUT2D eigenvalue weighted by Crippen LogP contribution is -2.52. The van der Waals surface area contributed by atoms with Crippen molar-refractivity contribution in [1.29, 1.82) is 0 Å². The molecule has 0 aromatic carbocycles. The molecule has 1 heterocycles. The van der Waals surface area contributed by atoms with Crippen molar-refractivity contribution in [2.45, 2.75) is 46.0 Å².